The molecule has 0 amide bonds. The molecule has 0 saturated heterocycles. The molecule has 0 heterocycles. The van der Waals surface area contributed by atoms with Gasteiger partial charge >= 0.3 is 0 Å². The Bertz CT molecular complexity index is 547. The van der Waals surface area contributed by atoms with Crippen LogP contribution >= 0.6 is 0 Å². The maximum atomic E-state index is 6.39. The van der Waals surface area contributed by atoms with E-state index >= 15 is 0 Å². The Labute approximate surface area is 121 Å². The van der Waals surface area contributed by atoms with Crippen molar-refractivity contribution in [2.24, 2.45) is 5.73 Å². The standard InChI is InChI=1S/C19H23N/c20-18(13-15-7-2-1-3-8-15)14-17-11-6-10-16-9-4-5-12-19(16)17/h1-5,7-9,12,17-18H,6,10-11,13-14,20H2. The highest BCUT2D eigenvalue weighted by Gasteiger charge is 2.21. The predicted octanol–water partition coefficient (Wildman–Crippen LogP) is 4.07. The summed E-state index contributed by atoms with van der Waals surface area (Å²) in [5, 5.41) is 0. The van der Waals surface area contributed by atoms with Crippen LogP contribution in [-0.2, 0) is 12.8 Å². The fourth-order valence-corrected chi connectivity index (χ4v) is 3.46. The van der Waals surface area contributed by atoms with Crippen molar-refractivity contribution < 1.29 is 0 Å². The van der Waals surface area contributed by atoms with Gasteiger partial charge in [0.15, 0.2) is 0 Å². The number of benzene rings is 2. The second-order valence-electron chi connectivity index (χ2n) is 5.97. The summed E-state index contributed by atoms with van der Waals surface area (Å²) in [5.41, 5.74) is 10.8. The zero-order chi connectivity index (χ0) is 13.8. The van der Waals surface area contributed by atoms with Gasteiger partial charge in [-0.2, -0.15) is 0 Å². The van der Waals surface area contributed by atoms with Crippen LogP contribution in [0.15, 0.2) is 54.6 Å². The van der Waals surface area contributed by atoms with Gasteiger partial charge in [-0.05, 0) is 54.7 Å². The van der Waals surface area contributed by atoms with Gasteiger partial charge in [-0.1, -0.05) is 54.6 Å². The Balaban J connectivity index is 1.66. The Morgan fingerprint density at radius 1 is 1.00 bits per heavy atom. The number of fused-ring (bicyclic) bond motifs is 1. The molecule has 2 unspecified atom stereocenters. The molecular weight excluding hydrogens is 242 g/mol. The van der Waals surface area contributed by atoms with Gasteiger partial charge in [0.1, 0.15) is 0 Å². The zero-order valence-corrected chi connectivity index (χ0v) is 12.0. The molecule has 2 atom stereocenters. The molecule has 2 N–H and O–H groups in total. The van der Waals surface area contributed by atoms with E-state index < -0.39 is 0 Å². The van der Waals surface area contributed by atoms with Crippen LogP contribution in [0.3, 0.4) is 0 Å². The summed E-state index contributed by atoms with van der Waals surface area (Å²) < 4.78 is 0. The van der Waals surface area contributed by atoms with Gasteiger partial charge in [0.25, 0.3) is 0 Å². The molecule has 2 aromatic rings. The van der Waals surface area contributed by atoms with Crippen molar-refractivity contribution in [2.75, 3.05) is 0 Å². The average Bonchev–Trinajstić information content (AvgIpc) is 2.48. The van der Waals surface area contributed by atoms with Gasteiger partial charge in [-0.25, -0.2) is 0 Å². The van der Waals surface area contributed by atoms with Crippen LogP contribution in [0.2, 0.25) is 0 Å². The van der Waals surface area contributed by atoms with E-state index in [0.717, 1.165) is 12.8 Å². The summed E-state index contributed by atoms with van der Waals surface area (Å²) in [7, 11) is 0. The van der Waals surface area contributed by atoms with Crippen LogP contribution < -0.4 is 5.73 Å². The lowest BCUT2D eigenvalue weighted by atomic mass is 9.79. The SMILES string of the molecule is NC(Cc1ccccc1)CC1CCCc2ccccc21. The van der Waals surface area contributed by atoms with Crippen molar-refractivity contribution in [3.63, 3.8) is 0 Å². The minimum atomic E-state index is 0.258. The van der Waals surface area contributed by atoms with Crippen molar-refractivity contribution in [3.8, 4) is 0 Å². The van der Waals surface area contributed by atoms with Gasteiger partial charge < -0.3 is 5.73 Å². The van der Waals surface area contributed by atoms with E-state index in [1.165, 1.54) is 30.4 Å². The van der Waals surface area contributed by atoms with E-state index in [1.54, 1.807) is 5.56 Å². The molecule has 3 rings (SSSR count). The van der Waals surface area contributed by atoms with Gasteiger partial charge in [-0.3, -0.25) is 0 Å². The third kappa shape index (κ3) is 3.10. The highest BCUT2D eigenvalue weighted by Crippen LogP contribution is 2.34. The number of hydrogen-bond acceptors (Lipinski definition) is 1. The van der Waals surface area contributed by atoms with E-state index in [1.807, 2.05) is 0 Å². The molecular formula is C19H23N. The second-order valence-corrected chi connectivity index (χ2v) is 5.97. The first-order valence-corrected chi connectivity index (χ1v) is 7.70. The highest BCUT2D eigenvalue weighted by molar-refractivity contribution is 5.32. The van der Waals surface area contributed by atoms with E-state index in [0.29, 0.717) is 5.92 Å². The molecule has 104 valence electrons. The first kappa shape index (κ1) is 13.4. The molecule has 0 aromatic heterocycles. The Hall–Kier alpha value is -1.60. The maximum Gasteiger partial charge on any atom is 0.00851 e. The van der Waals surface area contributed by atoms with Crippen molar-refractivity contribution in [1.82, 2.24) is 0 Å². The summed E-state index contributed by atoms with van der Waals surface area (Å²) >= 11 is 0. The van der Waals surface area contributed by atoms with Crippen LogP contribution in [0.25, 0.3) is 0 Å². The summed E-state index contributed by atoms with van der Waals surface area (Å²) in [5.74, 6) is 0.652. The molecule has 0 radical (unpaired) electrons. The maximum absolute atomic E-state index is 6.39. The lowest BCUT2D eigenvalue weighted by molar-refractivity contribution is 0.466. The second kappa shape index (κ2) is 6.23. The molecule has 0 aliphatic heterocycles. The van der Waals surface area contributed by atoms with Crippen LogP contribution in [-0.4, -0.2) is 6.04 Å². The molecule has 0 fully saturated rings. The van der Waals surface area contributed by atoms with Gasteiger partial charge in [-0.15, -0.1) is 0 Å². The van der Waals surface area contributed by atoms with E-state index in [4.69, 9.17) is 5.73 Å². The van der Waals surface area contributed by atoms with Crippen molar-refractivity contribution in [1.29, 1.82) is 0 Å². The van der Waals surface area contributed by atoms with E-state index in [-0.39, 0.29) is 6.04 Å². The summed E-state index contributed by atoms with van der Waals surface area (Å²) in [6.45, 7) is 0. The average molecular weight is 265 g/mol. The highest BCUT2D eigenvalue weighted by atomic mass is 14.6. The Morgan fingerprint density at radius 3 is 2.60 bits per heavy atom. The Morgan fingerprint density at radius 2 is 1.75 bits per heavy atom. The molecule has 1 aliphatic carbocycles. The molecule has 1 heteroatoms. The largest absolute Gasteiger partial charge is 0.327 e. The molecule has 20 heavy (non-hydrogen) atoms. The molecule has 1 nitrogen and oxygen atoms in total. The minimum absolute atomic E-state index is 0.258. The summed E-state index contributed by atoms with van der Waals surface area (Å²) in [6.07, 6.45) is 5.92. The quantitative estimate of drug-likeness (QED) is 0.886. The third-order valence-corrected chi connectivity index (χ3v) is 4.42. The van der Waals surface area contributed by atoms with Gasteiger partial charge in [0.2, 0.25) is 0 Å². The van der Waals surface area contributed by atoms with Gasteiger partial charge in [0.05, 0.1) is 0 Å². The topological polar surface area (TPSA) is 26.0 Å². The van der Waals surface area contributed by atoms with E-state index in [2.05, 4.69) is 54.6 Å². The first-order valence-electron chi connectivity index (χ1n) is 7.70. The van der Waals surface area contributed by atoms with Crippen molar-refractivity contribution in [3.05, 3.63) is 71.3 Å². The number of hydrogen-bond donors (Lipinski definition) is 1. The number of aryl methyl sites for hydroxylation is 1. The molecule has 0 bridgehead atoms. The van der Waals surface area contributed by atoms with Gasteiger partial charge in [0, 0.05) is 6.04 Å². The fraction of sp³-hybridized carbons (Fsp3) is 0.368. The zero-order valence-electron chi connectivity index (χ0n) is 12.0. The van der Waals surface area contributed by atoms with Crippen LogP contribution in [0.4, 0.5) is 0 Å². The van der Waals surface area contributed by atoms with Crippen LogP contribution in [0, 0.1) is 0 Å². The monoisotopic (exact) mass is 265 g/mol. The lowest BCUT2D eigenvalue weighted by Crippen LogP contribution is -2.26. The third-order valence-electron chi connectivity index (χ3n) is 4.42. The van der Waals surface area contributed by atoms with Crippen LogP contribution in [0.1, 0.15) is 41.9 Å². The van der Waals surface area contributed by atoms with Crippen molar-refractivity contribution >= 4 is 0 Å². The lowest BCUT2D eigenvalue weighted by Gasteiger charge is -2.27. The first-order chi connectivity index (χ1) is 9.83. The van der Waals surface area contributed by atoms with Crippen molar-refractivity contribution in [2.45, 2.75) is 44.1 Å². The smallest absolute Gasteiger partial charge is 0.00851 e. The fourth-order valence-electron chi connectivity index (χ4n) is 3.46. The summed E-state index contributed by atoms with van der Waals surface area (Å²) in [4.78, 5) is 0. The molecule has 0 saturated carbocycles. The molecule has 1 aliphatic rings. The normalized spacial score (nSPS) is 19.4. The number of nitrogens with two attached hydrogens (primary N) is 1. The molecule has 2 aromatic carbocycles. The predicted molar refractivity (Wildman–Crippen MR) is 84.9 cm³/mol. The molecule has 0 spiro atoms. The van der Waals surface area contributed by atoms with Crippen LogP contribution in [0.5, 0.6) is 0 Å². The minimum Gasteiger partial charge on any atom is -0.327 e. The summed E-state index contributed by atoms with van der Waals surface area (Å²) in [6, 6.07) is 19.8. The Kier molecular flexibility index (Phi) is 4.17. The van der Waals surface area contributed by atoms with E-state index in [9.17, 15) is 0 Å². The number of rotatable bonds is 4.